The van der Waals surface area contributed by atoms with E-state index in [4.69, 9.17) is 0 Å². The Kier molecular flexibility index (Phi) is 2.88. The predicted molar refractivity (Wildman–Crippen MR) is 61.3 cm³/mol. The van der Waals surface area contributed by atoms with Crippen molar-refractivity contribution in [1.29, 1.82) is 0 Å². The van der Waals surface area contributed by atoms with E-state index in [1.54, 1.807) is 0 Å². The SMILES string of the molecule is CC1CC2(CCCN1)CC(C(C)C)C2. The van der Waals surface area contributed by atoms with Gasteiger partial charge in [-0.25, -0.2) is 0 Å². The molecule has 1 heteroatoms. The maximum Gasteiger partial charge on any atom is 0.00440 e. The third-order valence-electron chi connectivity index (χ3n) is 4.45. The van der Waals surface area contributed by atoms with Gasteiger partial charge in [0.2, 0.25) is 0 Å². The number of nitrogens with one attached hydrogen (secondary N) is 1. The van der Waals surface area contributed by atoms with Crippen molar-refractivity contribution < 1.29 is 0 Å². The van der Waals surface area contributed by atoms with Gasteiger partial charge in [0.15, 0.2) is 0 Å². The normalized spacial score (nSPS) is 43.7. The molecule has 0 amide bonds. The molecule has 0 aromatic rings. The summed E-state index contributed by atoms with van der Waals surface area (Å²) in [6.07, 6.45) is 7.33. The maximum atomic E-state index is 3.61. The Morgan fingerprint density at radius 2 is 1.93 bits per heavy atom. The van der Waals surface area contributed by atoms with E-state index in [-0.39, 0.29) is 0 Å². The van der Waals surface area contributed by atoms with Crippen molar-refractivity contribution in [3.63, 3.8) is 0 Å². The van der Waals surface area contributed by atoms with Crippen molar-refractivity contribution in [2.75, 3.05) is 6.54 Å². The van der Waals surface area contributed by atoms with Gasteiger partial charge in [0.1, 0.15) is 0 Å². The lowest BCUT2D eigenvalue weighted by Crippen LogP contribution is -2.42. The first-order valence-corrected chi connectivity index (χ1v) is 6.35. The van der Waals surface area contributed by atoms with Crippen LogP contribution in [0.4, 0.5) is 0 Å². The van der Waals surface area contributed by atoms with Gasteiger partial charge in [-0.15, -0.1) is 0 Å². The first-order valence-electron chi connectivity index (χ1n) is 6.35. The van der Waals surface area contributed by atoms with Gasteiger partial charge in [-0.3, -0.25) is 0 Å². The lowest BCUT2D eigenvalue weighted by Gasteiger charge is -2.50. The molecule has 14 heavy (non-hydrogen) atoms. The molecule has 82 valence electrons. The molecule has 1 aliphatic heterocycles. The van der Waals surface area contributed by atoms with Crippen molar-refractivity contribution in [1.82, 2.24) is 5.32 Å². The Morgan fingerprint density at radius 3 is 2.57 bits per heavy atom. The summed E-state index contributed by atoms with van der Waals surface area (Å²) >= 11 is 0. The zero-order valence-electron chi connectivity index (χ0n) is 9.97. The zero-order chi connectivity index (χ0) is 10.2. The van der Waals surface area contributed by atoms with Crippen LogP contribution in [-0.4, -0.2) is 12.6 Å². The molecule has 1 saturated carbocycles. The minimum Gasteiger partial charge on any atom is -0.314 e. The molecule has 0 aromatic heterocycles. The molecule has 0 aromatic carbocycles. The summed E-state index contributed by atoms with van der Waals surface area (Å²) in [5, 5.41) is 3.61. The average molecular weight is 195 g/mol. The summed E-state index contributed by atoms with van der Waals surface area (Å²) in [7, 11) is 0. The van der Waals surface area contributed by atoms with Crippen LogP contribution in [0.25, 0.3) is 0 Å². The molecular formula is C13H25N. The Bertz CT molecular complexity index is 191. The highest BCUT2D eigenvalue weighted by Gasteiger charge is 2.45. The Morgan fingerprint density at radius 1 is 1.21 bits per heavy atom. The Balaban J connectivity index is 1.91. The molecule has 1 spiro atoms. The highest BCUT2D eigenvalue weighted by atomic mass is 14.9. The van der Waals surface area contributed by atoms with Crippen molar-refractivity contribution in [2.45, 2.75) is 58.9 Å². The molecule has 1 saturated heterocycles. The van der Waals surface area contributed by atoms with Gasteiger partial charge in [0, 0.05) is 6.04 Å². The van der Waals surface area contributed by atoms with Crippen LogP contribution in [0, 0.1) is 17.3 Å². The van der Waals surface area contributed by atoms with Gasteiger partial charge in [-0.1, -0.05) is 13.8 Å². The van der Waals surface area contributed by atoms with Crippen molar-refractivity contribution >= 4 is 0 Å². The Labute approximate surface area is 88.7 Å². The van der Waals surface area contributed by atoms with Crippen LogP contribution in [0.15, 0.2) is 0 Å². The molecule has 2 rings (SSSR count). The third kappa shape index (κ3) is 1.98. The molecule has 1 N–H and O–H groups in total. The van der Waals surface area contributed by atoms with Gasteiger partial charge >= 0.3 is 0 Å². The topological polar surface area (TPSA) is 12.0 Å². The summed E-state index contributed by atoms with van der Waals surface area (Å²) in [5.41, 5.74) is 0.748. The fraction of sp³-hybridized carbons (Fsp3) is 1.00. The largest absolute Gasteiger partial charge is 0.314 e. The summed E-state index contributed by atoms with van der Waals surface area (Å²) in [6.45, 7) is 8.37. The summed E-state index contributed by atoms with van der Waals surface area (Å²) < 4.78 is 0. The van der Waals surface area contributed by atoms with E-state index in [9.17, 15) is 0 Å². The molecule has 1 atom stereocenters. The lowest BCUT2D eigenvalue weighted by atomic mass is 9.55. The summed E-state index contributed by atoms with van der Waals surface area (Å²) in [5.74, 6) is 1.94. The van der Waals surface area contributed by atoms with E-state index in [1.165, 1.54) is 38.6 Å². The van der Waals surface area contributed by atoms with E-state index < -0.39 is 0 Å². The van der Waals surface area contributed by atoms with E-state index in [2.05, 4.69) is 26.1 Å². The van der Waals surface area contributed by atoms with Crippen LogP contribution in [0.2, 0.25) is 0 Å². The lowest BCUT2D eigenvalue weighted by molar-refractivity contribution is 0.00806. The van der Waals surface area contributed by atoms with Crippen LogP contribution < -0.4 is 5.32 Å². The molecule has 0 bridgehead atoms. The van der Waals surface area contributed by atoms with E-state index in [0.29, 0.717) is 0 Å². The third-order valence-corrected chi connectivity index (χ3v) is 4.45. The standard InChI is InChI=1S/C13H25N/c1-10(2)12-8-13(9-12)5-4-6-14-11(3)7-13/h10-12,14H,4-9H2,1-3H3. The van der Waals surface area contributed by atoms with Crippen LogP contribution >= 0.6 is 0 Å². The minimum absolute atomic E-state index is 0.748. The van der Waals surface area contributed by atoms with Crippen molar-refractivity contribution in [3.8, 4) is 0 Å². The second-order valence-electron chi connectivity index (χ2n) is 6.08. The Hall–Kier alpha value is -0.0400. The predicted octanol–water partition coefficient (Wildman–Crippen LogP) is 3.20. The summed E-state index contributed by atoms with van der Waals surface area (Å²) in [4.78, 5) is 0. The van der Waals surface area contributed by atoms with Gasteiger partial charge in [0.25, 0.3) is 0 Å². The first kappa shape index (κ1) is 10.5. The number of rotatable bonds is 1. The number of hydrogen-bond acceptors (Lipinski definition) is 1. The fourth-order valence-electron chi connectivity index (χ4n) is 3.53. The van der Waals surface area contributed by atoms with Gasteiger partial charge in [0.05, 0.1) is 0 Å². The monoisotopic (exact) mass is 195 g/mol. The second-order valence-corrected chi connectivity index (χ2v) is 6.08. The van der Waals surface area contributed by atoms with Gasteiger partial charge in [-0.05, 0) is 62.8 Å². The van der Waals surface area contributed by atoms with Crippen LogP contribution in [-0.2, 0) is 0 Å². The second kappa shape index (κ2) is 3.84. The molecular weight excluding hydrogens is 170 g/mol. The summed E-state index contributed by atoms with van der Waals surface area (Å²) in [6, 6.07) is 0.755. The average Bonchev–Trinajstić information content (AvgIpc) is 2.23. The van der Waals surface area contributed by atoms with Crippen molar-refractivity contribution in [2.24, 2.45) is 17.3 Å². The van der Waals surface area contributed by atoms with E-state index in [1.807, 2.05) is 0 Å². The molecule has 1 nitrogen and oxygen atoms in total. The quantitative estimate of drug-likeness (QED) is 0.677. The highest BCUT2D eigenvalue weighted by Crippen LogP contribution is 2.55. The highest BCUT2D eigenvalue weighted by molar-refractivity contribution is 4.97. The van der Waals surface area contributed by atoms with Crippen molar-refractivity contribution in [3.05, 3.63) is 0 Å². The fourth-order valence-corrected chi connectivity index (χ4v) is 3.53. The van der Waals surface area contributed by atoms with Gasteiger partial charge < -0.3 is 5.32 Å². The zero-order valence-corrected chi connectivity index (χ0v) is 9.97. The van der Waals surface area contributed by atoms with E-state index in [0.717, 1.165) is 23.3 Å². The van der Waals surface area contributed by atoms with Crippen LogP contribution in [0.5, 0.6) is 0 Å². The molecule has 0 radical (unpaired) electrons. The van der Waals surface area contributed by atoms with Crippen LogP contribution in [0.1, 0.15) is 52.9 Å². The molecule has 1 aliphatic carbocycles. The molecule has 2 fully saturated rings. The van der Waals surface area contributed by atoms with Gasteiger partial charge in [-0.2, -0.15) is 0 Å². The number of hydrogen-bond donors (Lipinski definition) is 1. The maximum absolute atomic E-state index is 3.61. The molecule has 2 aliphatic rings. The smallest absolute Gasteiger partial charge is 0.00440 e. The van der Waals surface area contributed by atoms with Crippen LogP contribution in [0.3, 0.4) is 0 Å². The molecule has 1 unspecified atom stereocenters. The minimum atomic E-state index is 0.748. The van der Waals surface area contributed by atoms with E-state index >= 15 is 0 Å². The first-order chi connectivity index (χ1) is 6.61. The molecule has 1 heterocycles.